The van der Waals surface area contributed by atoms with E-state index in [1.165, 1.54) is 0 Å². The van der Waals surface area contributed by atoms with Crippen molar-refractivity contribution >= 4 is 0 Å². The highest BCUT2D eigenvalue weighted by molar-refractivity contribution is 5.08. The quantitative estimate of drug-likeness (QED) is 0.880. The van der Waals surface area contributed by atoms with E-state index in [4.69, 9.17) is 4.42 Å². The van der Waals surface area contributed by atoms with Gasteiger partial charge in [-0.05, 0) is 49.8 Å². The van der Waals surface area contributed by atoms with E-state index in [0.717, 1.165) is 24.9 Å². The Hall–Kier alpha value is -0.970. The number of likely N-dealkylation sites (N-methyl/N-ethyl adjacent to an activating group) is 1. The van der Waals surface area contributed by atoms with Crippen LogP contribution in [0.25, 0.3) is 0 Å². The summed E-state index contributed by atoms with van der Waals surface area (Å²) in [5.74, 6) is -1.04. The molecule has 0 amide bonds. The Bertz CT molecular complexity index is 388. The highest BCUT2D eigenvalue weighted by Gasteiger charge is 2.43. The van der Waals surface area contributed by atoms with Crippen LogP contribution in [0.15, 0.2) is 23.0 Å². The zero-order valence-electron chi connectivity index (χ0n) is 11.7. The first kappa shape index (κ1) is 15.4. The van der Waals surface area contributed by atoms with Gasteiger partial charge in [-0.25, -0.2) is 0 Å². The van der Waals surface area contributed by atoms with Crippen LogP contribution in [-0.2, 0) is 6.42 Å². The number of rotatable bonds is 5. The maximum Gasteiger partial charge on any atom is 0.391 e. The van der Waals surface area contributed by atoms with Gasteiger partial charge in [0.1, 0.15) is 0 Å². The zero-order chi connectivity index (χ0) is 14.6. The first-order valence-corrected chi connectivity index (χ1v) is 7.32. The van der Waals surface area contributed by atoms with Crippen molar-refractivity contribution < 1.29 is 17.6 Å². The minimum absolute atomic E-state index is 0.0882. The molecule has 1 N–H and O–H groups in total. The lowest BCUT2D eigenvalue weighted by Crippen LogP contribution is -2.42. The molecule has 3 atom stereocenters. The maximum absolute atomic E-state index is 12.9. The molecule has 114 valence electrons. The summed E-state index contributed by atoms with van der Waals surface area (Å²) < 4.78 is 43.8. The van der Waals surface area contributed by atoms with Gasteiger partial charge in [-0.15, -0.1) is 0 Å². The van der Waals surface area contributed by atoms with Crippen LogP contribution in [0.1, 0.15) is 38.2 Å². The predicted octanol–water partition coefficient (Wildman–Crippen LogP) is 4.17. The molecule has 0 aromatic carbocycles. The van der Waals surface area contributed by atoms with E-state index >= 15 is 0 Å². The van der Waals surface area contributed by atoms with Gasteiger partial charge in [0.05, 0.1) is 18.4 Å². The fourth-order valence-corrected chi connectivity index (χ4v) is 3.22. The lowest BCUT2D eigenvalue weighted by Gasteiger charge is -2.35. The van der Waals surface area contributed by atoms with Gasteiger partial charge in [-0.1, -0.05) is 13.3 Å². The summed E-state index contributed by atoms with van der Waals surface area (Å²) in [7, 11) is 0. The molecule has 1 aliphatic rings. The molecule has 5 heteroatoms. The normalized spacial score (nSPS) is 25.6. The van der Waals surface area contributed by atoms with Crippen molar-refractivity contribution in [1.29, 1.82) is 0 Å². The standard InChI is InChI=1S/C15H22F3NO/c1-2-19-14(8-11-6-7-20-10-11)12-4-3-5-13(9-12)15(16,17)18/h6-7,10,12-14,19H,2-5,8-9H2,1H3. The molecular formula is C15H22F3NO. The van der Waals surface area contributed by atoms with E-state index < -0.39 is 12.1 Å². The third-order valence-corrected chi connectivity index (χ3v) is 4.25. The first-order chi connectivity index (χ1) is 9.50. The summed E-state index contributed by atoms with van der Waals surface area (Å²) in [6, 6.07) is 1.98. The van der Waals surface area contributed by atoms with Crippen molar-refractivity contribution in [2.24, 2.45) is 11.8 Å². The third-order valence-electron chi connectivity index (χ3n) is 4.25. The third kappa shape index (κ3) is 4.01. The highest BCUT2D eigenvalue weighted by atomic mass is 19.4. The van der Waals surface area contributed by atoms with Crippen LogP contribution in [0.4, 0.5) is 13.2 Å². The average molecular weight is 289 g/mol. The molecule has 2 rings (SSSR count). The Balaban J connectivity index is 2.01. The lowest BCUT2D eigenvalue weighted by atomic mass is 9.76. The van der Waals surface area contributed by atoms with Gasteiger partial charge in [-0.3, -0.25) is 0 Å². The molecule has 1 fully saturated rings. The van der Waals surface area contributed by atoms with E-state index in [1.54, 1.807) is 12.5 Å². The topological polar surface area (TPSA) is 25.2 Å². The second-order valence-corrected chi connectivity index (χ2v) is 5.67. The van der Waals surface area contributed by atoms with Crippen LogP contribution in [-0.4, -0.2) is 18.8 Å². The Morgan fingerprint density at radius 2 is 2.20 bits per heavy atom. The molecule has 0 bridgehead atoms. The minimum atomic E-state index is -4.05. The van der Waals surface area contributed by atoms with Crippen LogP contribution in [0.5, 0.6) is 0 Å². The van der Waals surface area contributed by atoms with Gasteiger partial charge in [0.25, 0.3) is 0 Å². The van der Waals surface area contributed by atoms with Crippen LogP contribution >= 0.6 is 0 Å². The molecule has 0 saturated heterocycles. The summed E-state index contributed by atoms with van der Waals surface area (Å²) in [6.07, 6.45) is 2.05. The van der Waals surface area contributed by atoms with Gasteiger partial charge >= 0.3 is 6.18 Å². The largest absolute Gasteiger partial charge is 0.472 e. The van der Waals surface area contributed by atoms with Crippen LogP contribution < -0.4 is 5.32 Å². The molecule has 1 saturated carbocycles. The number of nitrogens with one attached hydrogen (secondary N) is 1. The molecule has 1 aromatic rings. The number of hydrogen-bond donors (Lipinski definition) is 1. The smallest absolute Gasteiger partial charge is 0.391 e. The minimum Gasteiger partial charge on any atom is -0.472 e. The van der Waals surface area contributed by atoms with E-state index in [-0.39, 0.29) is 24.8 Å². The molecule has 0 aliphatic heterocycles. The molecule has 20 heavy (non-hydrogen) atoms. The molecule has 0 spiro atoms. The summed E-state index contributed by atoms with van der Waals surface area (Å²) >= 11 is 0. The first-order valence-electron chi connectivity index (χ1n) is 7.32. The number of furan rings is 1. The lowest BCUT2D eigenvalue weighted by molar-refractivity contribution is -0.186. The SMILES string of the molecule is CCNC(Cc1ccoc1)C1CCCC(C(F)(F)F)C1. The Morgan fingerprint density at radius 1 is 1.40 bits per heavy atom. The molecule has 1 aliphatic carbocycles. The zero-order valence-corrected chi connectivity index (χ0v) is 11.7. The Labute approximate surface area is 117 Å². The monoisotopic (exact) mass is 289 g/mol. The average Bonchev–Trinajstić information content (AvgIpc) is 2.90. The number of hydrogen-bond acceptors (Lipinski definition) is 2. The van der Waals surface area contributed by atoms with Crippen LogP contribution in [0.2, 0.25) is 0 Å². The second kappa shape index (κ2) is 6.66. The van der Waals surface area contributed by atoms with E-state index in [0.29, 0.717) is 6.42 Å². The fraction of sp³-hybridized carbons (Fsp3) is 0.733. The molecule has 0 radical (unpaired) electrons. The van der Waals surface area contributed by atoms with E-state index in [1.807, 2.05) is 13.0 Å². The van der Waals surface area contributed by atoms with Crippen LogP contribution in [0, 0.1) is 11.8 Å². The molecule has 1 aromatic heterocycles. The van der Waals surface area contributed by atoms with Gasteiger partial charge in [0, 0.05) is 6.04 Å². The van der Waals surface area contributed by atoms with Crippen molar-refractivity contribution in [2.45, 2.75) is 51.2 Å². The molecular weight excluding hydrogens is 267 g/mol. The maximum atomic E-state index is 12.9. The van der Waals surface area contributed by atoms with E-state index in [2.05, 4.69) is 5.32 Å². The van der Waals surface area contributed by atoms with Gasteiger partial charge < -0.3 is 9.73 Å². The van der Waals surface area contributed by atoms with Gasteiger partial charge in [0.15, 0.2) is 0 Å². The summed E-state index contributed by atoms with van der Waals surface area (Å²) in [4.78, 5) is 0. The van der Waals surface area contributed by atoms with Crippen molar-refractivity contribution in [3.63, 3.8) is 0 Å². The van der Waals surface area contributed by atoms with Crippen molar-refractivity contribution in [3.8, 4) is 0 Å². The Morgan fingerprint density at radius 3 is 2.80 bits per heavy atom. The van der Waals surface area contributed by atoms with Gasteiger partial charge in [0.2, 0.25) is 0 Å². The molecule has 1 heterocycles. The summed E-state index contributed by atoms with van der Waals surface area (Å²) in [6.45, 7) is 2.77. The van der Waals surface area contributed by atoms with Gasteiger partial charge in [-0.2, -0.15) is 13.2 Å². The van der Waals surface area contributed by atoms with Crippen molar-refractivity contribution in [3.05, 3.63) is 24.2 Å². The van der Waals surface area contributed by atoms with Crippen molar-refractivity contribution in [1.82, 2.24) is 5.32 Å². The number of halogens is 3. The fourth-order valence-electron chi connectivity index (χ4n) is 3.22. The summed E-state index contributed by atoms with van der Waals surface area (Å²) in [5, 5.41) is 3.35. The van der Waals surface area contributed by atoms with E-state index in [9.17, 15) is 13.2 Å². The van der Waals surface area contributed by atoms with Crippen molar-refractivity contribution in [2.75, 3.05) is 6.54 Å². The number of alkyl halides is 3. The Kier molecular flexibility index (Phi) is 5.13. The summed E-state index contributed by atoms with van der Waals surface area (Å²) in [5.41, 5.74) is 1.05. The molecule has 2 nitrogen and oxygen atoms in total. The predicted molar refractivity (Wildman–Crippen MR) is 71.4 cm³/mol. The molecule has 3 unspecified atom stereocenters. The second-order valence-electron chi connectivity index (χ2n) is 5.67. The van der Waals surface area contributed by atoms with Crippen LogP contribution in [0.3, 0.4) is 0 Å². The highest BCUT2D eigenvalue weighted by Crippen LogP contribution is 2.41.